The van der Waals surface area contributed by atoms with Crippen LogP contribution in [0.25, 0.3) is 0 Å². The van der Waals surface area contributed by atoms with Gasteiger partial charge in [-0.15, -0.1) is 0 Å². The van der Waals surface area contributed by atoms with Crippen molar-refractivity contribution in [3.8, 4) is 0 Å². The number of hydrogen-bond acceptors (Lipinski definition) is 2. The molecule has 4 aromatic carbocycles. The molecule has 168 valence electrons. The topological polar surface area (TPSA) is 6.48 Å². The molecule has 0 spiro atoms. The Balaban J connectivity index is 1.54. The second-order valence-corrected chi connectivity index (χ2v) is 8.83. The highest BCUT2D eigenvalue weighted by atomic mass is 15.2. The zero-order chi connectivity index (χ0) is 23.3. The molecule has 0 N–H and O–H groups in total. The predicted molar refractivity (Wildman–Crippen MR) is 145 cm³/mol. The summed E-state index contributed by atoms with van der Waals surface area (Å²) in [6.07, 6.45) is 6.50. The van der Waals surface area contributed by atoms with E-state index in [9.17, 15) is 0 Å². The van der Waals surface area contributed by atoms with Crippen molar-refractivity contribution in [2.24, 2.45) is 0 Å². The summed E-state index contributed by atoms with van der Waals surface area (Å²) >= 11 is 0. The third-order valence-corrected chi connectivity index (χ3v) is 6.29. The van der Waals surface area contributed by atoms with Gasteiger partial charge in [0.2, 0.25) is 0 Å². The van der Waals surface area contributed by atoms with E-state index < -0.39 is 0 Å². The fourth-order valence-corrected chi connectivity index (χ4v) is 4.49. The van der Waals surface area contributed by atoms with Crippen LogP contribution in [0, 0.1) is 13.8 Å². The molecular formula is C32H30N2. The van der Waals surface area contributed by atoms with Crippen LogP contribution in [0.2, 0.25) is 0 Å². The Morgan fingerprint density at radius 2 is 0.735 bits per heavy atom. The van der Waals surface area contributed by atoms with E-state index in [0.29, 0.717) is 0 Å². The van der Waals surface area contributed by atoms with Crippen LogP contribution in [-0.2, 0) is 0 Å². The molecule has 2 nitrogen and oxygen atoms in total. The monoisotopic (exact) mass is 442 g/mol. The molecule has 0 aliphatic heterocycles. The number of benzene rings is 4. The third-order valence-electron chi connectivity index (χ3n) is 6.29. The van der Waals surface area contributed by atoms with Crippen LogP contribution < -0.4 is 9.80 Å². The first-order chi connectivity index (χ1) is 16.7. The van der Waals surface area contributed by atoms with Crippen molar-refractivity contribution in [1.82, 2.24) is 0 Å². The van der Waals surface area contributed by atoms with E-state index in [4.69, 9.17) is 0 Å². The smallest absolute Gasteiger partial charge is 0.0458 e. The van der Waals surface area contributed by atoms with Crippen LogP contribution >= 0.6 is 0 Å². The molecule has 5 rings (SSSR count). The highest BCUT2D eigenvalue weighted by molar-refractivity contribution is 5.72. The largest absolute Gasteiger partial charge is 0.314 e. The number of nitrogens with zero attached hydrogens (tertiary/aromatic N) is 2. The van der Waals surface area contributed by atoms with Crippen molar-refractivity contribution in [2.75, 3.05) is 9.80 Å². The van der Waals surface area contributed by atoms with Crippen molar-refractivity contribution in [3.05, 3.63) is 144 Å². The van der Waals surface area contributed by atoms with Crippen molar-refractivity contribution < 1.29 is 0 Å². The van der Waals surface area contributed by atoms with E-state index in [0.717, 1.165) is 12.8 Å². The van der Waals surface area contributed by atoms with Gasteiger partial charge in [0.1, 0.15) is 0 Å². The fourth-order valence-electron chi connectivity index (χ4n) is 4.49. The lowest BCUT2D eigenvalue weighted by Crippen LogP contribution is -2.22. The minimum atomic E-state index is 0.962. The molecule has 0 aromatic heterocycles. The van der Waals surface area contributed by atoms with Gasteiger partial charge in [0.25, 0.3) is 0 Å². The molecule has 0 saturated heterocycles. The van der Waals surface area contributed by atoms with E-state index in [1.165, 1.54) is 45.3 Å². The summed E-state index contributed by atoms with van der Waals surface area (Å²) in [6, 6.07) is 38.9. The van der Waals surface area contributed by atoms with Gasteiger partial charge in [-0.25, -0.2) is 0 Å². The van der Waals surface area contributed by atoms with Gasteiger partial charge in [-0.2, -0.15) is 0 Å². The van der Waals surface area contributed by atoms with Crippen LogP contribution in [0.5, 0.6) is 0 Å². The van der Waals surface area contributed by atoms with E-state index in [-0.39, 0.29) is 0 Å². The Bertz CT molecular complexity index is 1180. The Hall–Kier alpha value is -4.04. The fraction of sp³-hybridized carbons (Fsp3) is 0.125. The molecule has 0 amide bonds. The third kappa shape index (κ3) is 4.67. The predicted octanol–water partition coefficient (Wildman–Crippen LogP) is 8.84. The van der Waals surface area contributed by atoms with Crippen LogP contribution in [0.3, 0.4) is 0 Å². The molecule has 0 bridgehead atoms. The van der Waals surface area contributed by atoms with Crippen molar-refractivity contribution in [3.63, 3.8) is 0 Å². The van der Waals surface area contributed by atoms with Crippen molar-refractivity contribution in [2.45, 2.75) is 26.7 Å². The van der Waals surface area contributed by atoms with Gasteiger partial charge in [-0.05, 0) is 87.4 Å². The van der Waals surface area contributed by atoms with E-state index in [1.807, 2.05) is 0 Å². The Labute approximate surface area is 203 Å². The van der Waals surface area contributed by atoms with Crippen LogP contribution in [0.15, 0.2) is 133 Å². The molecule has 4 aromatic rings. The maximum Gasteiger partial charge on any atom is 0.0458 e. The minimum absolute atomic E-state index is 0.962. The van der Waals surface area contributed by atoms with Gasteiger partial charge < -0.3 is 9.80 Å². The van der Waals surface area contributed by atoms with Crippen molar-refractivity contribution in [1.29, 1.82) is 0 Å². The number of anilines is 4. The molecule has 0 atom stereocenters. The first-order valence-corrected chi connectivity index (χ1v) is 11.9. The Kier molecular flexibility index (Phi) is 6.31. The maximum absolute atomic E-state index is 2.38. The van der Waals surface area contributed by atoms with Crippen molar-refractivity contribution >= 4 is 22.7 Å². The highest BCUT2D eigenvalue weighted by Gasteiger charge is 2.21. The molecule has 0 saturated carbocycles. The number of rotatable bonds is 6. The summed E-state index contributed by atoms with van der Waals surface area (Å²) in [4.78, 5) is 4.76. The molecule has 1 aliphatic carbocycles. The van der Waals surface area contributed by atoms with Gasteiger partial charge in [0, 0.05) is 34.1 Å². The van der Waals surface area contributed by atoms with Gasteiger partial charge in [0.15, 0.2) is 0 Å². The summed E-state index contributed by atoms with van der Waals surface area (Å²) in [5, 5.41) is 0. The molecule has 1 aliphatic rings. The van der Waals surface area contributed by atoms with Gasteiger partial charge in [-0.3, -0.25) is 0 Å². The molecule has 0 radical (unpaired) electrons. The summed E-state index contributed by atoms with van der Waals surface area (Å²) in [7, 11) is 0. The average Bonchev–Trinajstić information content (AvgIpc) is 2.89. The molecule has 0 fully saturated rings. The minimum Gasteiger partial charge on any atom is -0.314 e. The number of allylic oxidation sites excluding steroid dienone is 4. The number of aryl methyl sites for hydroxylation is 2. The Morgan fingerprint density at radius 3 is 1.06 bits per heavy atom. The normalized spacial score (nSPS) is 13.1. The number of hydrogen-bond donors (Lipinski definition) is 0. The molecule has 34 heavy (non-hydrogen) atoms. The zero-order valence-electron chi connectivity index (χ0n) is 19.9. The maximum atomic E-state index is 2.38. The summed E-state index contributed by atoms with van der Waals surface area (Å²) in [5.74, 6) is 0. The zero-order valence-corrected chi connectivity index (χ0v) is 19.9. The Morgan fingerprint density at radius 1 is 0.412 bits per heavy atom. The quantitative estimate of drug-likeness (QED) is 0.294. The lowest BCUT2D eigenvalue weighted by atomic mass is 10.0. The van der Waals surface area contributed by atoms with Gasteiger partial charge in [-0.1, -0.05) is 71.8 Å². The van der Waals surface area contributed by atoms with Crippen LogP contribution in [0.4, 0.5) is 22.7 Å². The summed E-state index contributed by atoms with van der Waals surface area (Å²) in [6.45, 7) is 4.27. The first kappa shape index (κ1) is 21.8. The molecule has 2 heteroatoms. The number of para-hydroxylation sites is 2. The first-order valence-electron chi connectivity index (χ1n) is 11.9. The summed E-state index contributed by atoms with van der Waals surface area (Å²) in [5.41, 5.74) is 9.91. The SMILES string of the molecule is Cc1ccc(N(C2=CC=C(N(c3ccccc3)c3ccc(C)cc3)CC2)c2ccccc2)cc1. The lowest BCUT2D eigenvalue weighted by molar-refractivity contribution is 0.850. The van der Waals surface area contributed by atoms with E-state index in [1.54, 1.807) is 0 Å². The molecular weight excluding hydrogens is 412 g/mol. The average molecular weight is 443 g/mol. The van der Waals surface area contributed by atoms with Gasteiger partial charge >= 0.3 is 0 Å². The van der Waals surface area contributed by atoms with E-state index >= 15 is 0 Å². The van der Waals surface area contributed by atoms with Crippen LogP contribution in [-0.4, -0.2) is 0 Å². The lowest BCUT2D eigenvalue weighted by Gasteiger charge is -2.33. The summed E-state index contributed by atoms with van der Waals surface area (Å²) < 4.78 is 0. The molecule has 0 unspecified atom stereocenters. The standard InChI is InChI=1S/C32H30N2/c1-25-13-17-29(18-14-25)33(27-9-5-3-6-10-27)31-21-23-32(24-22-31)34(28-11-7-4-8-12-28)30-19-15-26(2)16-20-30/h3-21,23H,22,24H2,1-2H3. The van der Waals surface area contributed by atoms with Gasteiger partial charge in [0.05, 0.1) is 0 Å². The second kappa shape index (κ2) is 9.84. The second-order valence-electron chi connectivity index (χ2n) is 8.83. The van der Waals surface area contributed by atoms with E-state index in [2.05, 4.69) is 145 Å². The van der Waals surface area contributed by atoms with Crippen LogP contribution in [0.1, 0.15) is 24.0 Å². The molecule has 0 heterocycles. The highest BCUT2D eigenvalue weighted by Crippen LogP contribution is 2.38.